The molecule has 0 bridgehead atoms. The van der Waals surface area contributed by atoms with Gasteiger partial charge < -0.3 is 14.5 Å². The third kappa shape index (κ3) is 3.83. The molecule has 4 aromatic rings. The summed E-state index contributed by atoms with van der Waals surface area (Å²) in [4.78, 5) is 9.51. The molecule has 0 aliphatic rings. The second-order valence-corrected chi connectivity index (χ2v) is 6.67. The van der Waals surface area contributed by atoms with E-state index in [1.165, 1.54) is 0 Å². The van der Waals surface area contributed by atoms with E-state index in [4.69, 9.17) is 9.97 Å². The van der Waals surface area contributed by atoms with Gasteiger partial charge in [0.05, 0.1) is 11.4 Å². The van der Waals surface area contributed by atoms with Crippen LogP contribution in [0.25, 0.3) is 22.8 Å². The van der Waals surface area contributed by atoms with Gasteiger partial charge in [-0.05, 0) is 0 Å². The fourth-order valence-corrected chi connectivity index (χ4v) is 3.26. The van der Waals surface area contributed by atoms with Gasteiger partial charge in [-0.3, -0.25) is 0 Å². The zero-order chi connectivity index (χ0) is 18.6. The first-order valence-electron chi connectivity index (χ1n) is 9.07. The van der Waals surface area contributed by atoms with Crippen molar-refractivity contribution in [3.05, 3.63) is 84.4 Å². The lowest BCUT2D eigenvalue weighted by molar-refractivity contribution is 0.671. The van der Waals surface area contributed by atoms with Gasteiger partial charge in [-0.25, -0.2) is 9.97 Å². The summed E-state index contributed by atoms with van der Waals surface area (Å²) in [7, 11) is 4.06. The summed E-state index contributed by atoms with van der Waals surface area (Å²) in [6, 6.07) is 20.5. The molecule has 2 aromatic carbocycles. The molecule has 136 valence electrons. The number of nitrogens with one attached hydrogen (secondary N) is 1. The van der Waals surface area contributed by atoms with Crippen LogP contribution in [-0.2, 0) is 27.2 Å². The summed E-state index contributed by atoms with van der Waals surface area (Å²) in [5.74, 6) is 1.97. The van der Waals surface area contributed by atoms with Crippen molar-refractivity contribution in [3.8, 4) is 22.8 Å². The normalized spacial score (nSPS) is 11.0. The molecule has 5 heteroatoms. The van der Waals surface area contributed by atoms with Crippen LogP contribution in [0.1, 0.15) is 11.4 Å². The van der Waals surface area contributed by atoms with E-state index in [9.17, 15) is 0 Å². The minimum Gasteiger partial charge on any atom is -0.334 e. The van der Waals surface area contributed by atoms with E-state index in [1.54, 1.807) is 0 Å². The molecule has 27 heavy (non-hydrogen) atoms. The standard InChI is InChI=1S/C22H23N5/c1-26-15-19(24-21(26)17-9-5-3-6-10-17)13-23-14-20-16-27(2)22(25-20)18-11-7-4-8-12-18/h3-12,15-16,23H,13-14H2,1-2H3. The summed E-state index contributed by atoms with van der Waals surface area (Å²) in [5.41, 5.74) is 4.30. The Morgan fingerprint density at radius 3 is 1.48 bits per heavy atom. The Morgan fingerprint density at radius 2 is 1.07 bits per heavy atom. The van der Waals surface area contributed by atoms with Crippen molar-refractivity contribution >= 4 is 0 Å². The van der Waals surface area contributed by atoms with Crippen LogP contribution in [-0.4, -0.2) is 19.1 Å². The van der Waals surface area contributed by atoms with Gasteiger partial charge in [-0.2, -0.15) is 0 Å². The maximum Gasteiger partial charge on any atom is 0.140 e. The number of benzene rings is 2. The SMILES string of the molecule is Cn1cc(CNCc2cn(C)c(-c3ccccc3)n2)nc1-c1ccccc1. The number of hydrogen-bond acceptors (Lipinski definition) is 3. The van der Waals surface area contributed by atoms with Gasteiger partial charge in [0.15, 0.2) is 0 Å². The highest BCUT2D eigenvalue weighted by molar-refractivity contribution is 5.56. The third-order valence-corrected chi connectivity index (χ3v) is 4.53. The molecule has 0 aliphatic carbocycles. The molecule has 0 amide bonds. The number of rotatable bonds is 6. The van der Waals surface area contributed by atoms with E-state index in [0.717, 1.165) is 34.2 Å². The quantitative estimate of drug-likeness (QED) is 0.571. The summed E-state index contributed by atoms with van der Waals surface area (Å²) < 4.78 is 4.14. The minimum absolute atomic E-state index is 0.706. The van der Waals surface area contributed by atoms with Gasteiger partial charge in [0, 0.05) is 50.7 Å². The Hall–Kier alpha value is -3.18. The van der Waals surface area contributed by atoms with Gasteiger partial charge >= 0.3 is 0 Å². The van der Waals surface area contributed by atoms with E-state index in [1.807, 2.05) is 50.5 Å². The highest BCUT2D eigenvalue weighted by atomic mass is 15.1. The second kappa shape index (κ2) is 7.60. The van der Waals surface area contributed by atoms with Crippen molar-refractivity contribution in [2.75, 3.05) is 0 Å². The Kier molecular flexibility index (Phi) is 4.85. The second-order valence-electron chi connectivity index (χ2n) is 6.67. The first-order valence-corrected chi connectivity index (χ1v) is 9.07. The van der Waals surface area contributed by atoms with Crippen LogP contribution < -0.4 is 5.32 Å². The molecule has 0 atom stereocenters. The molecule has 0 radical (unpaired) electrons. The third-order valence-electron chi connectivity index (χ3n) is 4.53. The predicted molar refractivity (Wildman–Crippen MR) is 108 cm³/mol. The molecular formula is C22H23N5. The van der Waals surface area contributed by atoms with Crippen molar-refractivity contribution in [2.45, 2.75) is 13.1 Å². The molecule has 2 aromatic heterocycles. The topological polar surface area (TPSA) is 47.7 Å². The minimum atomic E-state index is 0.706. The van der Waals surface area contributed by atoms with Gasteiger partial charge in [0.1, 0.15) is 11.6 Å². The van der Waals surface area contributed by atoms with Crippen molar-refractivity contribution in [1.82, 2.24) is 24.4 Å². The van der Waals surface area contributed by atoms with Crippen molar-refractivity contribution in [2.24, 2.45) is 14.1 Å². The van der Waals surface area contributed by atoms with Crippen molar-refractivity contribution in [1.29, 1.82) is 0 Å². The lowest BCUT2D eigenvalue weighted by Gasteiger charge is -2.00. The van der Waals surface area contributed by atoms with Crippen LogP contribution in [0.15, 0.2) is 73.1 Å². The number of aromatic nitrogens is 4. The maximum absolute atomic E-state index is 4.76. The Labute approximate surface area is 159 Å². The number of nitrogens with zero attached hydrogens (tertiary/aromatic N) is 4. The highest BCUT2D eigenvalue weighted by Gasteiger charge is 2.09. The van der Waals surface area contributed by atoms with Crippen LogP contribution in [0.2, 0.25) is 0 Å². The van der Waals surface area contributed by atoms with Crippen LogP contribution in [0.3, 0.4) is 0 Å². The zero-order valence-corrected chi connectivity index (χ0v) is 15.6. The van der Waals surface area contributed by atoms with Gasteiger partial charge in [-0.15, -0.1) is 0 Å². The van der Waals surface area contributed by atoms with Crippen molar-refractivity contribution in [3.63, 3.8) is 0 Å². The van der Waals surface area contributed by atoms with Gasteiger partial charge in [0.2, 0.25) is 0 Å². The summed E-state index contributed by atoms with van der Waals surface area (Å²) >= 11 is 0. The molecule has 0 fully saturated rings. The monoisotopic (exact) mass is 357 g/mol. The molecule has 0 spiro atoms. The maximum atomic E-state index is 4.76. The molecule has 4 rings (SSSR count). The van der Waals surface area contributed by atoms with E-state index < -0.39 is 0 Å². The summed E-state index contributed by atoms with van der Waals surface area (Å²) in [6.45, 7) is 1.41. The first kappa shape index (κ1) is 17.2. The smallest absolute Gasteiger partial charge is 0.140 e. The van der Waals surface area contributed by atoms with Crippen LogP contribution in [0.5, 0.6) is 0 Å². The molecular weight excluding hydrogens is 334 g/mol. The average molecular weight is 357 g/mol. The van der Waals surface area contributed by atoms with Crippen LogP contribution in [0.4, 0.5) is 0 Å². The number of aryl methyl sites for hydroxylation is 2. The molecule has 0 saturated heterocycles. The number of hydrogen-bond donors (Lipinski definition) is 1. The average Bonchev–Trinajstić information content (AvgIpc) is 3.25. The van der Waals surface area contributed by atoms with Gasteiger partial charge in [-0.1, -0.05) is 60.7 Å². The molecule has 5 nitrogen and oxygen atoms in total. The lowest BCUT2D eigenvalue weighted by Crippen LogP contribution is -2.13. The summed E-state index contributed by atoms with van der Waals surface area (Å²) in [5, 5.41) is 3.45. The lowest BCUT2D eigenvalue weighted by atomic mass is 10.2. The van der Waals surface area contributed by atoms with Crippen molar-refractivity contribution < 1.29 is 0 Å². The van der Waals surface area contributed by atoms with E-state index in [-0.39, 0.29) is 0 Å². The molecule has 0 unspecified atom stereocenters. The van der Waals surface area contributed by atoms with Crippen LogP contribution >= 0.6 is 0 Å². The zero-order valence-electron chi connectivity index (χ0n) is 15.6. The molecule has 2 heterocycles. The molecule has 0 saturated carbocycles. The molecule has 1 N–H and O–H groups in total. The molecule has 0 aliphatic heterocycles. The Morgan fingerprint density at radius 1 is 0.667 bits per heavy atom. The predicted octanol–water partition coefficient (Wildman–Crippen LogP) is 3.78. The Balaban J connectivity index is 1.41. The summed E-state index contributed by atoms with van der Waals surface area (Å²) in [6.07, 6.45) is 4.15. The fraction of sp³-hybridized carbons (Fsp3) is 0.182. The van der Waals surface area contributed by atoms with E-state index in [2.05, 4.69) is 51.1 Å². The van der Waals surface area contributed by atoms with E-state index in [0.29, 0.717) is 13.1 Å². The first-order chi connectivity index (χ1) is 13.2. The Bertz CT molecular complexity index is 932. The van der Waals surface area contributed by atoms with Gasteiger partial charge in [0.25, 0.3) is 0 Å². The highest BCUT2D eigenvalue weighted by Crippen LogP contribution is 2.19. The fourth-order valence-electron chi connectivity index (χ4n) is 3.26. The van der Waals surface area contributed by atoms with Crippen LogP contribution in [0, 0.1) is 0 Å². The van der Waals surface area contributed by atoms with E-state index >= 15 is 0 Å². The number of imidazole rings is 2. The largest absolute Gasteiger partial charge is 0.334 e.